The molecule has 0 fully saturated rings. The van der Waals surface area contributed by atoms with Crippen molar-refractivity contribution in [2.24, 2.45) is 10.8 Å². The van der Waals surface area contributed by atoms with Gasteiger partial charge < -0.3 is 0 Å². The van der Waals surface area contributed by atoms with Crippen molar-refractivity contribution >= 4 is 0 Å². The topological polar surface area (TPSA) is 0 Å². The molecular formula is C21H33Ti. The van der Waals surface area contributed by atoms with E-state index in [2.05, 4.69) is 74.5 Å². The van der Waals surface area contributed by atoms with Gasteiger partial charge in [0.1, 0.15) is 0 Å². The van der Waals surface area contributed by atoms with Gasteiger partial charge >= 0.3 is 144 Å². The van der Waals surface area contributed by atoms with Crippen LogP contribution in [0.5, 0.6) is 0 Å². The summed E-state index contributed by atoms with van der Waals surface area (Å²) in [6, 6.07) is 0. The SMILES string of the molecule is CC1=C(C)C(C)(C)[C]([Ti]([CH3])[C]2=C(C)C(C)=C(C)C2(C)C)=C1C. The summed E-state index contributed by atoms with van der Waals surface area (Å²) in [6.07, 6.45) is 0. The van der Waals surface area contributed by atoms with Crippen LogP contribution in [0.25, 0.3) is 0 Å². The molecule has 0 amide bonds. The summed E-state index contributed by atoms with van der Waals surface area (Å²) in [5, 5.41) is 2.60. The zero-order chi connectivity index (χ0) is 17.2. The van der Waals surface area contributed by atoms with Gasteiger partial charge in [-0.15, -0.1) is 0 Å². The fourth-order valence-electron chi connectivity index (χ4n) is 4.81. The Balaban J connectivity index is 2.59. The molecule has 0 aromatic heterocycles. The van der Waals surface area contributed by atoms with Gasteiger partial charge in [0.15, 0.2) is 0 Å². The molecule has 0 aromatic rings. The molecule has 1 heteroatoms. The Labute approximate surface area is 144 Å². The minimum atomic E-state index is -1.48. The predicted molar refractivity (Wildman–Crippen MR) is 95.6 cm³/mol. The normalized spacial score (nSPS) is 24.1. The maximum absolute atomic E-state index is 2.60. The average Bonchev–Trinajstić information content (AvgIpc) is 2.66. The van der Waals surface area contributed by atoms with E-state index in [0.29, 0.717) is 0 Å². The Morgan fingerprint density at radius 3 is 1.00 bits per heavy atom. The molecule has 0 saturated carbocycles. The van der Waals surface area contributed by atoms with Crippen molar-refractivity contribution in [1.82, 2.24) is 0 Å². The summed E-state index contributed by atoms with van der Waals surface area (Å²) in [6.45, 7) is 23.8. The molecule has 0 aliphatic heterocycles. The first-order valence-corrected chi connectivity index (χ1v) is 11.6. The summed E-state index contributed by atoms with van der Waals surface area (Å²) in [5.74, 6) is 0. The maximum atomic E-state index is 2.60. The van der Waals surface area contributed by atoms with Crippen LogP contribution in [0.3, 0.4) is 0 Å². The fraction of sp³-hybridized carbons (Fsp3) is 0.619. The van der Waals surface area contributed by atoms with E-state index in [1.165, 1.54) is 0 Å². The van der Waals surface area contributed by atoms with Crippen LogP contribution in [0.15, 0.2) is 41.2 Å². The van der Waals surface area contributed by atoms with Crippen LogP contribution in [0.1, 0.15) is 69.2 Å². The van der Waals surface area contributed by atoms with Crippen LogP contribution in [-0.4, -0.2) is 0 Å². The van der Waals surface area contributed by atoms with Crippen molar-refractivity contribution in [2.75, 3.05) is 0 Å². The summed E-state index contributed by atoms with van der Waals surface area (Å²) in [7, 11) is 0. The molecule has 0 saturated heterocycles. The Kier molecular flexibility index (Phi) is 4.38. The third-order valence-electron chi connectivity index (χ3n) is 6.88. The molecule has 0 radical (unpaired) electrons. The third-order valence-corrected chi connectivity index (χ3v) is 12.3. The second-order valence-electron chi connectivity index (χ2n) is 8.38. The van der Waals surface area contributed by atoms with Gasteiger partial charge in [0.2, 0.25) is 0 Å². The quantitative estimate of drug-likeness (QED) is 0.479. The Morgan fingerprint density at radius 2 is 0.818 bits per heavy atom. The van der Waals surface area contributed by atoms with Gasteiger partial charge in [0.05, 0.1) is 0 Å². The first-order chi connectivity index (χ1) is 9.86. The summed E-state index contributed by atoms with van der Waals surface area (Å²) in [5.41, 5.74) is 9.96. The number of rotatable bonds is 2. The predicted octanol–water partition coefficient (Wildman–Crippen LogP) is 6.95. The van der Waals surface area contributed by atoms with Gasteiger partial charge in [0.25, 0.3) is 0 Å². The number of hydrogen-bond donors (Lipinski definition) is 0. The molecule has 2 aliphatic rings. The van der Waals surface area contributed by atoms with Crippen LogP contribution in [-0.2, 0) is 17.9 Å². The molecule has 0 bridgehead atoms. The zero-order valence-corrected chi connectivity index (χ0v) is 18.1. The molecule has 0 atom stereocenters. The third kappa shape index (κ3) is 2.21. The van der Waals surface area contributed by atoms with Gasteiger partial charge in [-0.1, -0.05) is 0 Å². The second kappa shape index (κ2) is 5.35. The molecular weight excluding hydrogens is 300 g/mol. The molecule has 0 unspecified atom stereocenters. The molecule has 2 aliphatic carbocycles. The second-order valence-corrected chi connectivity index (χ2v) is 11.9. The number of hydrogen-bond acceptors (Lipinski definition) is 0. The van der Waals surface area contributed by atoms with E-state index in [1.807, 2.05) is 0 Å². The van der Waals surface area contributed by atoms with E-state index in [1.54, 1.807) is 41.2 Å². The van der Waals surface area contributed by atoms with Crippen LogP contribution in [0.4, 0.5) is 0 Å². The van der Waals surface area contributed by atoms with Gasteiger partial charge in [-0.3, -0.25) is 0 Å². The van der Waals surface area contributed by atoms with Gasteiger partial charge in [-0.25, -0.2) is 0 Å². The minimum absolute atomic E-state index is 0.256. The number of allylic oxidation sites excluding steroid dienone is 8. The fourth-order valence-corrected chi connectivity index (χ4v) is 11.1. The van der Waals surface area contributed by atoms with Gasteiger partial charge in [-0.05, 0) is 0 Å². The van der Waals surface area contributed by atoms with Crippen molar-refractivity contribution in [3.05, 3.63) is 41.2 Å². The van der Waals surface area contributed by atoms with E-state index in [4.69, 9.17) is 0 Å². The van der Waals surface area contributed by atoms with Crippen molar-refractivity contribution in [3.63, 3.8) is 0 Å². The molecule has 0 nitrogen and oxygen atoms in total. The monoisotopic (exact) mass is 333 g/mol. The van der Waals surface area contributed by atoms with E-state index < -0.39 is 17.9 Å². The Morgan fingerprint density at radius 1 is 0.545 bits per heavy atom. The van der Waals surface area contributed by atoms with Crippen LogP contribution >= 0.6 is 0 Å². The average molecular weight is 333 g/mol. The van der Waals surface area contributed by atoms with Crippen molar-refractivity contribution < 1.29 is 17.9 Å². The van der Waals surface area contributed by atoms with E-state index in [0.717, 1.165) is 0 Å². The molecule has 0 N–H and O–H groups in total. The van der Waals surface area contributed by atoms with Gasteiger partial charge in [-0.2, -0.15) is 0 Å². The molecule has 121 valence electrons. The summed E-state index contributed by atoms with van der Waals surface area (Å²) in [4.78, 5) is 0. The molecule has 0 aromatic carbocycles. The van der Waals surface area contributed by atoms with Crippen molar-refractivity contribution in [2.45, 2.75) is 74.5 Å². The first kappa shape index (κ1) is 18.0. The standard InChI is InChI=1S/2C10H15.CH3.Ti/c2*1-7-6-10(4,5)9(3)8(7)2;;/h2*1-5H3;1H3;. The molecule has 0 heterocycles. The summed E-state index contributed by atoms with van der Waals surface area (Å²) >= 11 is -1.48. The van der Waals surface area contributed by atoms with Gasteiger partial charge in [0, 0.05) is 0 Å². The van der Waals surface area contributed by atoms with Crippen LogP contribution in [0.2, 0.25) is 5.23 Å². The zero-order valence-electron chi connectivity index (χ0n) is 16.5. The first-order valence-electron chi connectivity index (χ1n) is 8.50. The Bertz CT molecular complexity index is 602. The van der Waals surface area contributed by atoms with Crippen LogP contribution in [0, 0.1) is 10.8 Å². The summed E-state index contributed by atoms with van der Waals surface area (Å²) < 4.78 is 3.60. The van der Waals surface area contributed by atoms with Crippen molar-refractivity contribution in [3.8, 4) is 0 Å². The van der Waals surface area contributed by atoms with Crippen molar-refractivity contribution in [1.29, 1.82) is 0 Å². The Hall–Kier alpha value is -0.326. The van der Waals surface area contributed by atoms with E-state index >= 15 is 0 Å². The van der Waals surface area contributed by atoms with Crippen LogP contribution < -0.4 is 0 Å². The molecule has 0 spiro atoms. The molecule has 22 heavy (non-hydrogen) atoms. The van der Waals surface area contributed by atoms with E-state index in [-0.39, 0.29) is 10.8 Å². The van der Waals surface area contributed by atoms with E-state index in [9.17, 15) is 0 Å². The molecule has 2 rings (SSSR count).